The van der Waals surface area contributed by atoms with Gasteiger partial charge in [0.2, 0.25) is 6.04 Å². The van der Waals surface area contributed by atoms with Gasteiger partial charge in [-0.2, -0.15) is 5.43 Å². The fraction of sp³-hybridized carbons (Fsp3) is 0.190. The molecule has 1 fully saturated rings. The highest BCUT2D eigenvalue weighted by Gasteiger charge is 2.54. The van der Waals surface area contributed by atoms with Crippen LogP contribution in [0.4, 0.5) is 4.79 Å². The number of fused-ring (bicyclic) bond motifs is 1. The van der Waals surface area contributed by atoms with Crippen LogP contribution in [0.2, 0.25) is 5.02 Å². The minimum atomic E-state index is -0.763. The zero-order valence-corrected chi connectivity index (χ0v) is 17.6. The van der Waals surface area contributed by atoms with E-state index in [0.717, 1.165) is 16.0 Å². The lowest BCUT2D eigenvalue weighted by Gasteiger charge is -2.31. The predicted octanol–water partition coefficient (Wildman–Crippen LogP) is 0.567. The van der Waals surface area contributed by atoms with E-state index in [0.29, 0.717) is 23.4 Å². The number of nitrogens with zero attached hydrogens (tertiary/aromatic N) is 5. The van der Waals surface area contributed by atoms with Gasteiger partial charge in [0.15, 0.2) is 0 Å². The summed E-state index contributed by atoms with van der Waals surface area (Å²) in [5.41, 5.74) is 4.50. The van der Waals surface area contributed by atoms with Crippen molar-refractivity contribution in [2.45, 2.75) is 12.6 Å². The third-order valence-electron chi connectivity index (χ3n) is 5.06. The Labute approximate surface area is 183 Å². The third kappa shape index (κ3) is 3.96. The molecule has 3 amide bonds. The number of amides is 3. The number of carbonyl (C=O) groups is 2. The van der Waals surface area contributed by atoms with Gasteiger partial charge in [-0.05, 0) is 23.3 Å². The van der Waals surface area contributed by atoms with E-state index in [1.54, 1.807) is 36.2 Å². The van der Waals surface area contributed by atoms with E-state index < -0.39 is 12.1 Å². The Balaban J connectivity index is 1.63. The average molecular weight is 439 g/mol. The minimum Gasteiger partial charge on any atom is -0.872 e. The molecule has 2 aliphatic heterocycles. The average Bonchev–Trinajstić information content (AvgIpc) is 3.12. The standard InChI is InChI=1S/C21H19ClN6O3/c1-26-18-17(19(30)27(2)21(26)31)28(12-14-3-7-15(22)8-4-14)20(24-18)25-23-11-13-5-9-16(29)10-6-13/h3-11,17H,12H2,1-2H3,(H,23,29). The van der Waals surface area contributed by atoms with Crippen molar-refractivity contribution >= 4 is 41.5 Å². The van der Waals surface area contributed by atoms with Gasteiger partial charge in [-0.15, -0.1) is 10.9 Å². The molecule has 9 nitrogen and oxygen atoms in total. The van der Waals surface area contributed by atoms with Gasteiger partial charge in [0.25, 0.3) is 5.91 Å². The molecule has 1 N–H and O–H groups in total. The predicted molar refractivity (Wildman–Crippen MR) is 115 cm³/mol. The summed E-state index contributed by atoms with van der Waals surface area (Å²) in [5, 5.41) is 16.0. The van der Waals surface area contributed by atoms with Crippen molar-refractivity contribution in [2.24, 2.45) is 5.10 Å². The van der Waals surface area contributed by atoms with Gasteiger partial charge in [0.1, 0.15) is 0 Å². The van der Waals surface area contributed by atoms with E-state index in [4.69, 9.17) is 11.6 Å². The quantitative estimate of drug-likeness (QED) is 0.427. The molecule has 4 rings (SSSR count). The van der Waals surface area contributed by atoms with Crippen molar-refractivity contribution in [3.8, 4) is 5.75 Å². The lowest BCUT2D eigenvalue weighted by Crippen LogP contribution is -2.63. The number of amidine groups is 1. The molecule has 1 atom stereocenters. The summed E-state index contributed by atoms with van der Waals surface area (Å²) in [6.07, 6.45) is 1.54. The summed E-state index contributed by atoms with van der Waals surface area (Å²) >= 11 is 5.98. The Morgan fingerprint density at radius 3 is 2.45 bits per heavy atom. The first-order valence-electron chi connectivity index (χ1n) is 9.43. The number of urea groups is 1. The number of guanidine groups is 1. The van der Waals surface area contributed by atoms with E-state index >= 15 is 0 Å². The number of imide groups is 1. The molecule has 158 valence electrons. The van der Waals surface area contributed by atoms with Crippen LogP contribution in [0.5, 0.6) is 5.75 Å². The molecule has 31 heavy (non-hydrogen) atoms. The second-order valence-electron chi connectivity index (χ2n) is 7.13. The van der Waals surface area contributed by atoms with Crippen molar-refractivity contribution in [1.82, 2.24) is 24.8 Å². The summed E-state index contributed by atoms with van der Waals surface area (Å²) in [7, 11) is 3.02. The molecule has 2 aliphatic rings. The largest absolute Gasteiger partial charge is 0.872 e. The van der Waals surface area contributed by atoms with Crippen LogP contribution in [-0.4, -0.2) is 64.8 Å². The first kappa shape index (κ1) is 20.5. The van der Waals surface area contributed by atoms with Crippen molar-refractivity contribution in [1.29, 1.82) is 0 Å². The summed E-state index contributed by atoms with van der Waals surface area (Å²) in [6.45, 7) is 0.346. The van der Waals surface area contributed by atoms with E-state index in [1.807, 2.05) is 12.1 Å². The summed E-state index contributed by atoms with van der Waals surface area (Å²) < 4.78 is 4.48. The smallest absolute Gasteiger partial charge is 0.421 e. The number of carbonyl (C=O) groups excluding carboxylic acids is 2. The molecular formula is C21H19ClN6O3. The second-order valence-corrected chi connectivity index (χ2v) is 7.56. The lowest BCUT2D eigenvalue weighted by molar-refractivity contribution is -0.268. The fourth-order valence-electron chi connectivity index (χ4n) is 3.36. The van der Waals surface area contributed by atoms with Gasteiger partial charge < -0.3 is 5.11 Å². The lowest BCUT2D eigenvalue weighted by atomic mass is 10.1. The molecule has 0 radical (unpaired) electrons. The molecule has 0 bridgehead atoms. The Kier molecular flexibility index (Phi) is 5.37. The summed E-state index contributed by atoms with van der Waals surface area (Å²) in [4.78, 5) is 29.4. The molecule has 2 heterocycles. The molecule has 0 spiro atoms. The molecule has 10 heteroatoms. The van der Waals surface area contributed by atoms with E-state index in [1.165, 1.54) is 30.3 Å². The van der Waals surface area contributed by atoms with Crippen LogP contribution in [0, 0.1) is 0 Å². The number of hydrazone groups is 1. The Hall–Kier alpha value is -3.81. The van der Waals surface area contributed by atoms with E-state index in [-0.39, 0.29) is 11.7 Å². The maximum atomic E-state index is 12.9. The van der Waals surface area contributed by atoms with Crippen molar-refractivity contribution in [2.75, 3.05) is 14.1 Å². The van der Waals surface area contributed by atoms with Crippen LogP contribution in [0.3, 0.4) is 0 Å². The molecule has 1 unspecified atom stereocenters. The number of halogens is 1. The highest BCUT2D eigenvalue weighted by atomic mass is 35.5. The first-order chi connectivity index (χ1) is 14.8. The van der Waals surface area contributed by atoms with Crippen molar-refractivity contribution < 1.29 is 14.7 Å². The van der Waals surface area contributed by atoms with Crippen LogP contribution < -0.4 is 15.2 Å². The van der Waals surface area contributed by atoms with Gasteiger partial charge in [0, 0.05) is 12.1 Å². The topological polar surface area (TPSA) is 105 Å². The molecular weight excluding hydrogens is 420 g/mol. The molecule has 0 aliphatic carbocycles. The number of likely N-dealkylation sites (N-methyl/N-ethyl adjacent to an activating group) is 2. The van der Waals surface area contributed by atoms with Crippen LogP contribution in [0.15, 0.2) is 53.6 Å². The molecule has 0 saturated carbocycles. The maximum Gasteiger partial charge on any atom is 0.421 e. The zero-order chi connectivity index (χ0) is 22.1. The molecule has 2 aromatic rings. The maximum absolute atomic E-state index is 12.9. The van der Waals surface area contributed by atoms with Crippen molar-refractivity contribution in [3.05, 3.63) is 64.7 Å². The second kappa shape index (κ2) is 8.14. The van der Waals surface area contributed by atoms with Crippen LogP contribution in [0.25, 0.3) is 0 Å². The number of benzene rings is 2. The van der Waals surface area contributed by atoms with Crippen LogP contribution >= 0.6 is 11.6 Å². The Morgan fingerprint density at radius 2 is 1.77 bits per heavy atom. The van der Waals surface area contributed by atoms with Crippen LogP contribution in [-0.2, 0) is 11.3 Å². The summed E-state index contributed by atoms with van der Waals surface area (Å²) in [5.74, 6) is 0.197. The highest BCUT2D eigenvalue weighted by molar-refractivity contribution is 6.30. The van der Waals surface area contributed by atoms with Crippen molar-refractivity contribution in [3.63, 3.8) is 0 Å². The molecule has 0 aromatic heterocycles. The monoisotopic (exact) mass is 438 g/mol. The first-order valence-corrected chi connectivity index (χ1v) is 9.81. The minimum absolute atomic E-state index is 0.0878. The number of rotatable bonds is 4. The van der Waals surface area contributed by atoms with Gasteiger partial charge in [0.05, 0.1) is 19.8 Å². The SMILES string of the molecule is CN1C(=O)C2C(=[N+]=C(N/N=C/c3ccc([O-])cc3)N2Cc2ccc(Cl)cc2)N(C)C1=O. The number of hydrogen-bond donors (Lipinski definition) is 1. The van der Waals surface area contributed by atoms with Gasteiger partial charge in [-0.25, -0.2) is 19.3 Å². The zero-order valence-electron chi connectivity index (χ0n) is 16.8. The van der Waals surface area contributed by atoms with E-state index in [2.05, 4.69) is 15.2 Å². The Morgan fingerprint density at radius 1 is 1.10 bits per heavy atom. The van der Waals surface area contributed by atoms with Crippen LogP contribution in [0.1, 0.15) is 11.1 Å². The normalized spacial score (nSPS) is 18.4. The fourth-order valence-corrected chi connectivity index (χ4v) is 3.48. The van der Waals surface area contributed by atoms with Gasteiger partial charge in [-0.1, -0.05) is 48.0 Å². The van der Waals surface area contributed by atoms with Gasteiger partial charge in [-0.3, -0.25) is 9.69 Å². The highest BCUT2D eigenvalue weighted by Crippen LogP contribution is 2.21. The number of hydrogen-bond acceptors (Lipinski definition) is 6. The molecule has 1 saturated heterocycles. The van der Waals surface area contributed by atoms with E-state index in [9.17, 15) is 14.7 Å². The third-order valence-corrected chi connectivity index (χ3v) is 5.31. The molecule has 2 aromatic carbocycles. The Bertz CT molecular complexity index is 1120. The summed E-state index contributed by atoms with van der Waals surface area (Å²) in [6, 6.07) is 12.2. The number of nitrogens with one attached hydrogen (secondary N) is 1. The van der Waals surface area contributed by atoms with Gasteiger partial charge >= 0.3 is 17.8 Å².